The second-order valence-corrected chi connectivity index (χ2v) is 7.96. The summed E-state index contributed by atoms with van der Waals surface area (Å²) in [6.45, 7) is 1.64. The van der Waals surface area contributed by atoms with Gasteiger partial charge in [-0.25, -0.2) is 9.18 Å². The number of H-pyrrole nitrogens is 1. The van der Waals surface area contributed by atoms with Gasteiger partial charge in [-0.2, -0.15) is 0 Å². The maximum Gasteiger partial charge on any atom is 0.345 e. The number of rotatable bonds is 2. The average molecular weight is 385 g/mol. The minimum atomic E-state index is -1.51. The quantitative estimate of drug-likeness (QED) is 0.621. The number of aromatic nitrogens is 1. The summed E-state index contributed by atoms with van der Waals surface area (Å²) >= 11 is 0. The van der Waals surface area contributed by atoms with E-state index in [-0.39, 0.29) is 22.9 Å². The number of halogens is 1. The summed E-state index contributed by atoms with van der Waals surface area (Å²) in [5.41, 5.74) is 6.58. The van der Waals surface area contributed by atoms with E-state index in [2.05, 4.69) is 9.88 Å². The number of piperidine rings is 1. The number of aryl methyl sites for hydroxylation is 1. The number of aromatic carboxylic acids is 1. The van der Waals surface area contributed by atoms with E-state index < -0.39 is 28.7 Å². The highest BCUT2D eigenvalue weighted by Crippen LogP contribution is 2.46. The van der Waals surface area contributed by atoms with Crippen molar-refractivity contribution in [2.75, 3.05) is 18.0 Å². The fraction of sp³-hybridized carbons (Fsp3) is 0.400. The molecule has 1 aliphatic heterocycles. The Kier molecular flexibility index (Phi) is 3.58. The molecule has 2 unspecified atom stereocenters. The third kappa shape index (κ3) is 2.37. The van der Waals surface area contributed by atoms with Gasteiger partial charge in [0.1, 0.15) is 11.6 Å². The van der Waals surface area contributed by atoms with Crippen molar-refractivity contribution < 1.29 is 19.4 Å². The number of aromatic amines is 1. The summed E-state index contributed by atoms with van der Waals surface area (Å²) in [5, 5.41) is 19.6. The Hall–Kier alpha value is -2.87. The van der Waals surface area contributed by atoms with Gasteiger partial charge in [0.2, 0.25) is 0 Å². The second-order valence-electron chi connectivity index (χ2n) is 7.96. The standard InChI is InChI=1S/C20H20FN3O4/c21-13-5-9(24-6-11-12(7-24)16(11)22)4-8-2-1-3-10-17(14(8)13)23-19(26)15(18(10)25)20(27)28/h4-5,11-12,16H,1-3,6-7,22H2,(H,27,28)(H2,23,25,26). The Morgan fingerprint density at radius 3 is 2.64 bits per heavy atom. The number of carbonyl (C=O) groups is 1. The summed E-state index contributed by atoms with van der Waals surface area (Å²) in [5.74, 6) is -1.61. The molecule has 2 atom stereocenters. The van der Waals surface area contributed by atoms with Crippen molar-refractivity contribution in [3.8, 4) is 17.0 Å². The number of anilines is 1. The molecule has 1 aromatic heterocycles. The lowest BCUT2D eigenvalue weighted by atomic mass is 9.98. The molecule has 1 saturated heterocycles. The van der Waals surface area contributed by atoms with E-state index in [4.69, 9.17) is 5.73 Å². The van der Waals surface area contributed by atoms with Gasteiger partial charge in [0.25, 0.3) is 5.56 Å². The van der Waals surface area contributed by atoms with E-state index in [0.717, 1.165) is 24.3 Å². The molecule has 0 spiro atoms. The molecule has 5 rings (SSSR count). The number of benzene rings is 1. The number of carboxylic acids is 1. The summed E-state index contributed by atoms with van der Waals surface area (Å²) in [6.07, 6.45) is 1.53. The lowest BCUT2D eigenvalue weighted by molar-refractivity contribution is 0.0691. The van der Waals surface area contributed by atoms with Gasteiger partial charge in [0.15, 0.2) is 5.56 Å². The van der Waals surface area contributed by atoms with Crippen LogP contribution in [0.4, 0.5) is 10.1 Å². The molecule has 0 amide bonds. The first kappa shape index (κ1) is 17.2. The first-order chi connectivity index (χ1) is 13.4. The Bertz CT molecular complexity index is 1070. The molecule has 0 radical (unpaired) electrons. The number of nitrogens with two attached hydrogens (primary N) is 1. The molecule has 3 aliphatic rings. The fourth-order valence-corrected chi connectivity index (χ4v) is 4.83. The summed E-state index contributed by atoms with van der Waals surface area (Å²) in [6, 6.07) is 3.64. The van der Waals surface area contributed by atoms with Gasteiger partial charge in [0, 0.05) is 35.9 Å². The first-order valence-electron chi connectivity index (χ1n) is 9.41. The van der Waals surface area contributed by atoms with E-state index in [0.29, 0.717) is 31.1 Å². The minimum absolute atomic E-state index is 0.176. The SMILES string of the molecule is NC1C2CN(c3cc(F)c4c(c3)CCCc3c-4[nH]c(=O)c(C(=O)O)c3O)CC12. The van der Waals surface area contributed by atoms with Crippen LogP contribution >= 0.6 is 0 Å². The Labute approximate surface area is 159 Å². The highest BCUT2D eigenvalue weighted by molar-refractivity contribution is 5.92. The number of carboxylic acid groups (broad SMARTS) is 1. The van der Waals surface area contributed by atoms with Gasteiger partial charge in [-0.3, -0.25) is 4.79 Å². The molecule has 2 heterocycles. The highest BCUT2D eigenvalue weighted by Gasteiger charge is 2.53. The molecule has 146 valence electrons. The molecule has 0 bridgehead atoms. The second kappa shape index (κ2) is 5.81. The van der Waals surface area contributed by atoms with Crippen molar-refractivity contribution in [1.29, 1.82) is 0 Å². The number of nitrogens with one attached hydrogen (secondary N) is 1. The van der Waals surface area contributed by atoms with Crippen LogP contribution < -0.4 is 16.2 Å². The van der Waals surface area contributed by atoms with Crippen LogP contribution in [0.5, 0.6) is 5.75 Å². The Morgan fingerprint density at radius 2 is 1.96 bits per heavy atom. The number of pyridine rings is 1. The van der Waals surface area contributed by atoms with Gasteiger partial charge in [-0.15, -0.1) is 0 Å². The third-order valence-corrected chi connectivity index (χ3v) is 6.41. The lowest BCUT2D eigenvalue weighted by Gasteiger charge is -2.23. The van der Waals surface area contributed by atoms with Crippen molar-refractivity contribution >= 4 is 11.7 Å². The number of hydrogen-bond donors (Lipinski definition) is 4. The minimum Gasteiger partial charge on any atom is -0.506 e. The molecule has 5 N–H and O–H groups in total. The molecular weight excluding hydrogens is 365 g/mol. The van der Waals surface area contributed by atoms with E-state index in [1.165, 1.54) is 6.07 Å². The zero-order chi connectivity index (χ0) is 19.7. The number of aromatic hydroxyl groups is 1. The van der Waals surface area contributed by atoms with E-state index in [1.54, 1.807) is 0 Å². The van der Waals surface area contributed by atoms with Gasteiger partial charge in [-0.05, 0) is 48.8 Å². The van der Waals surface area contributed by atoms with Crippen LogP contribution in [0, 0.1) is 17.7 Å². The highest BCUT2D eigenvalue weighted by atomic mass is 19.1. The van der Waals surface area contributed by atoms with Crippen molar-refractivity contribution in [3.05, 3.63) is 45.0 Å². The molecule has 1 aromatic carbocycles. The van der Waals surface area contributed by atoms with Crippen LogP contribution in [0.1, 0.15) is 27.9 Å². The first-order valence-corrected chi connectivity index (χ1v) is 9.41. The van der Waals surface area contributed by atoms with Gasteiger partial charge >= 0.3 is 5.97 Å². The molecule has 2 aliphatic carbocycles. The fourth-order valence-electron chi connectivity index (χ4n) is 4.83. The predicted molar refractivity (Wildman–Crippen MR) is 100 cm³/mol. The van der Waals surface area contributed by atoms with Crippen LogP contribution in [-0.4, -0.2) is 40.3 Å². The summed E-state index contributed by atoms with van der Waals surface area (Å²) < 4.78 is 15.2. The monoisotopic (exact) mass is 385 g/mol. The van der Waals surface area contributed by atoms with Crippen LogP contribution in [0.3, 0.4) is 0 Å². The maximum absolute atomic E-state index is 15.2. The van der Waals surface area contributed by atoms with Gasteiger partial charge in [-0.1, -0.05) is 0 Å². The van der Waals surface area contributed by atoms with Crippen LogP contribution in [0.2, 0.25) is 0 Å². The predicted octanol–water partition coefficient (Wildman–Crippen LogP) is 1.47. The zero-order valence-electron chi connectivity index (χ0n) is 15.0. The normalized spacial score (nSPS) is 24.9. The van der Waals surface area contributed by atoms with Gasteiger partial charge < -0.3 is 25.8 Å². The summed E-state index contributed by atoms with van der Waals surface area (Å²) in [4.78, 5) is 28.1. The zero-order valence-corrected chi connectivity index (χ0v) is 15.0. The van der Waals surface area contributed by atoms with Crippen LogP contribution in [-0.2, 0) is 12.8 Å². The Balaban J connectivity index is 1.63. The van der Waals surface area contributed by atoms with Crippen molar-refractivity contribution in [3.63, 3.8) is 0 Å². The van der Waals surface area contributed by atoms with Crippen molar-refractivity contribution in [1.82, 2.24) is 4.98 Å². The smallest absolute Gasteiger partial charge is 0.345 e. The van der Waals surface area contributed by atoms with Gasteiger partial charge in [0.05, 0.1) is 5.69 Å². The molecule has 2 fully saturated rings. The largest absolute Gasteiger partial charge is 0.506 e. The number of hydrogen-bond acceptors (Lipinski definition) is 5. The molecule has 2 aromatic rings. The topological polar surface area (TPSA) is 120 Å². The molecule has 8 heteroatoms. The van der Waals surface area contributed by atoms with E-state index in [1.807, 2.05) is 6.07 Å². The molecular formula is C20H20FN3O4. The molecule has 28 heavy (non-hydrogen) atoms. The number of nitrogens with zero attached hydrogens (tertiary/aromatic N) is 1. The van der Waals surface area contributed by atoms with Crippen molar-refractivity contribution in [2.24, 2.45) is 17.6 Å². The van der Waals surface area contributed by atoms with E-state index >= 15 is 4.39 Å². The molecule has 1 saturated carbocycles. The van der Waals surface area contributed by atoms with Crippen molar-refractivity contribution in [2.45, 2.75) is 25.3 Å². The molecule has 7 nitrogen and oxygen atoms in total. The summed E-state index contributed by atoms with van der Waals surface area (Å²) in [7, 11) is 0. The Morgan fingerprint density at radius 1 is 1.25 bits per heavy atom. The lowest BCUT2D eigenvalue weighted by Crippen LogP contribution is -2.28. The average Bonchev–Trinajstić information content (AvgIpc) is 3.06. The third-order valence-electron chi connectivity index (χ3n) is 6.41. The van der Waals surface area contributed by atoms with E-state index in [9.17, 15) is 19.8 Å². The maximum atomic E-state index is 15.2. The van der Waals surface area contributed by atoms with Crippen LogP contribution in [0.15, 0.2) is 16.9 Å². The number of fused-ring (bicyclic) bond motifs is 4. The van der Waals surface area contributed by atoms with Crippen LogP contribution in [0.25, 0.3) is 11.3 Å².